The van der Waals surface area contributed by atoms with Gasteiger partial charge in [0.1, 0.15) is 5.82 Å². The van der Waals surface area contributed by atoms with Crippen LogP contribution in [-0.2, 0) is 4.79 Å². The summed E-state index contributed by atoms with van der Waals surface area (Å²) in [6.45, 7) is 5.28. The number of halogens is 1. The van der Waals surface area contributed by atoms with E-state index >= 15 is 0 Å². The first-order valence-electron chi connectivity index (χ1n) is 7.78. The van der Waals surface area contributed by atoms with Crippen LogP contribution in [0.1, 0.15) is 35.7 Å². The SMILES string of the molecule is CC(=O)N1C[C@H]2CC[C@@H](C1)N(C(=O)c1ccc(F)c(C)c1)C2. The molecule has 2 bridgehead atoms. The Labute approximate surface area is 129 Å². The normalized spacial score (nSPS) is 24.3. The summed E-state index contributed by atoms with van der Waals surface area (Å²) in [6, 6.07) is 4.58. The molecule has 3 heterocycles. The quantitative estimate of drug-likeness (QED) is 0.798. The summed E-state index contributed by atoms with van der Waals surface area (Å²) < 4.78 is 13.4. The molecule has 0 radical (unpaired) electrons. The molecule has 4 rings (SSSR count). The van der Waals surface area contributed by atoms with E-state index in [-0.39, 0.29) is 23.7 Å². The van der Waals surface area contributed by atoms with E-state index in [1.165, 1.54) is 6.07 Å². The third kappa shape index (κ3) is 2.72. The number of amides is 2. The molecule has 1 aromatic rings. The van der Waals surface area contributed by atoms with Gasteiger partial charge in [-0.1, -0.05) is 0 Å². The molecule has 3 aliphatic heterocycles. The average Bonchev–Trinajstić information content (AvgIpc) is 2.81. The minimum atomic E-state index is -0.295. The van der Waals surface area contributed by atoms with E-state index < -0.39 is 0 Å². The van der Waals surface area contributed by atoms with Gasteiger partial charge in [-0.3, -0.25) is 9.59 Å². The van der Waals surface area contributed by atoms with Crippen LogP contribution in [0.5, 0.6) is 0 Å². The number of benzene rings is 1. The second-order valence-corrected chi connectivity index (χ2v) is 6.44. The number of carbonyl (C=O) groups excluding carboxylic acids is 2. The zero-order valence-electron chi connectivity index (χ0n) is 13.0. The van der Waals surface area contributed by atoms with Crippen LogP contribution in [0.15, 0.2) is 18.2 Å². The van der Waals surface area contributed by atoms with E-state index in [1.807, 2.05) is 9.80 Å². The van der Waals surface area contributed by atoms with Crippen molar-refractivity contribution in [3.63, 3.8) is 0 Å². The van der Waals surface area contributed by atoms with Gasteiger partial charge < -0.3 is 9.80 Å². The van der Waals surface area contributed by atoms with Gasteiger partial charge in [0.2, 0.25) is 5.91 Å². The largest absolute Gasteiger partial charge is 0.341 e. The van der Waals surface area contributed by atoms with Crippen LogP contribution in [0.25, 0.3) is 0 Å². The first-order valence-corrected chi connectivity index (χ1v) is 7.78. The van der Waals surface area contributed by atoms with Gasteiger partial charge in [0.15, 0.2) is 0 Å². The molecule has 118 valence electrons. The molecule has 0 unspecified atom stereocenters. The van der Waals surface area contributed by atoms with Crippen LogP contribution in [-0.4, -0.2) is 47.3 Å². The molecule has 0 aromatic heterocycles. The fourth-order valence-corrected chi connectivity index (χ4v) is 3.53. The standard InChI is InChI=1S/C17H21FN2O2/c1-11-7-14(4-6-16(11)18)17(22)20-9-13-3-5-15(20)10-19(8-13)12(2)21/h4,6-7,13,15H,3,5,8-10H2,1-2H3/t13-,15+/m1/s1. The third-order valence-electron chi connectivity index (χ3n) is 4.82. The molecular weight excluding hydrogens is 283 g/mol. The molecule has 2 atom stereocenters. The number of hydrogen-bond donors (Lipinski definition) is 0. The van der Waals surface area contributed by atoms with E-state index in [4.69, 9.17) is 0 Å². The third-order valence-corrected chi connectivity index (χ3v) is 4.82. The van der Waals surface area contributed by atoms with Gasteiger partial charge in [0.05, 0.1) is 0 Å². The summed E-state index contributed by atoms with van der Waals surface area (Å²) >= 11 is 0. The first-order chi connectivity index (χ1) is 10.5. The number of hydrogen-bond acceptors (Lipinski definition) is 2. The molecule has 0 aliphatic carbocycles. The minimum Gasteiger partial charge on any atom is -0.341 e. The van der Waals surface area contributed by atoms with E-state index in [0.717, 1.165) is 19.4 Å². The molecular formula is C17H21FN2O2. The van der Waals surface area contributed by atoms with Gasteiger partial charge in [-0.15, -0.1) is 0 Å². The highest BCUT2D eigenvalue weighted by Crippen LogP contribution is 2.29. The number of rotatable bonds is 1. The van der Waals surface area contributed by atoms with Gasteiger partial charge in [-0.2, -0.15) is 0 Å². The predicted octanol–water partition coefficient (Wildman–Crippen LogP) is 2.22. The molecule has 1 aromatic carbocycles. The smallest absolute Gasteiger partial charge is 0.254 e. The van der Waals surface area contributed by atoms with E-state index in [0.29, 0.717) is 30.1 Å². The second-order valence-electron chi connectivity index (χ2n) is 6.44. The summed E-state index contributed by atoms with van der Waals surface area (Å²) in [7, 11) is 0. The summed E-state index contributed by atoms with van der Waals surface area (Å²) in [5.41, 5.74) is 1.01. The average molecular weight is 304 g/mol. The number of aryl methyl sites for hydroxylation is 1. The predicted molar refractivity (Wildman–Crippen MR) is 80.9 cm³/mol. The Hall–Kier alpha value is -1.91. The highest BCUT2D eigenvalue weighted by molar-refractivity contribution is 5.94. The Bertz CT molecular complexity index is 617. The number of carbonyl (C=O) groups is 2. The topological polar surface area (TPSA) is 40.6 Å². The number of piperidine rings is 1. The molecule has 3 fully saturated rings. The van der Waals surface area contributed by atoms with Crippen molar-refractivity contribution in [3.05, 3.63) is 35.1 Å². The van der Waals surface area contributed by atoms with Crippen molar-refractivity contribution in [2.24, 2.45) is 5.92 Å². The maximum absolute atomic E-state index is 13.4. The van der Waals surface area contributed by atoms with Crippen LogP contribution in [0.2, 0.25) is 0 Å². The summed E-state index contributed by atoms with van der Waals surface area (Å²) in [6.07, 6.45) is 1.99. The molecule has 0 spiro atoms. The molecule has 0 saturated carbocycles. The summed E-state index contributed by atoms with van der Waals surface area (Å²) in [4.78, 5) is 28.2. The highest BCUT2D eigenvalue weighted by atomic mass is 19.1. The second kappa shape index (κ2) is 5.71. The van der Waals surface area contributed by atoms with Crippen molar-refractivity contribution < 1.29 is 14.0 Å². The van der Waals surface area contributed by atoms with E-state index in [1.54, 1.807) is 26.0 Å². The van der Waals surface area contributed by atoms with Crippen LogP contribution in [0.4, 0.5) is 4.39 Å². The van der Waals surface area contributed by atoms with Crippen molar-refractivity contribution >= 4 is 11.8 Å². The maximum Gasteiger partial charge on any atom is 0.254 e. The lowest BCUT2D eigenvalue weighted by Gasteiger charge is -2.36. The Kier molecular flexibility index (Phi) is 3.89. The Morgan fingerprint density at radius 1 is 1.18 bits per heavy atom. The van der Waals surface area contributed by atoms with Gasteiger partial charge in [0, 0.05) is 38.2 Å². The van der Waals surface area contributed by atoms with Crippen LogP contribution >= 0.6 is 0 Å². The lowest BCUT2D eigenvalue weighted by molar-refractivity contribution is -0.129. The van der Waals surface area contributed by atoms with Crippen molar-refractivity contribution in [2.45, 2.75) is 32.7 Å². The van der Waals surface area contributed by atoms with Crippen LogP contribution in [0.3, 0.4) is 0 Å². The lowest BCUT2D eigenvalue weighted by Crippen LogP contribution is -2.47. The molecule has 2 amide bonds. The summed E-state index contributed by atoms with van der Waals surface area (Å²) in [5, 5.41) is 0. The van der Waals surface area contributed by atoms with Crippen molar-refractivity contribution in [2.75, 3.05) is 19.6 Å². The van der Waals surface area contributed by atoms with Crippen molar-refractivity contribution in [3.8, 4) is 0 Å². The van der Waals surface area contributed by atoms with Crippen LogP contribution < -0.4 is 0 Å². The van der Waals surface area contributed by atoms with Gasteiger partial charge in [0.25, 0.3) is 5.91 Å². The lowest BCUT2D eigenvalue weighted by atomic mass is 9.94. The molecule has 5 heteroatoms. The van der Waals surface area contributed by atoms with E-state index in [9.17, 15) is 14.0 Å². The highest BCUT2D eigenvalue weighted by Gasteiger charge is 2.38. The maximum atomic E-state index is 13.4. The molecule has 22 heavy (non-hydrogen) atoms. The minimum absolute atomic E-state index is 0.0526. The van der Waals surface area contributed by atoms with Crippen LogP contribution in [0, 0.1) is 18.7 Å². The van der Waals surface area contributed by atoms with Crippen molar-refractivity contribution in [1.29, 1.82) is 0 Å². The Morgan fingerprint density at radius 3 is 2.64 bits per heavy atom. The zero-order valence-corrected chi connectivity index (χ0v) is 13.0. The molecule has 4 nitrogen and oxygen atoms in total. The van der Waals surface area contributed by atoms with Gasteiger partial charge in [-0.25, -0.2) is 4.39 Å². The van der Waals surface area contributed by atoms with Gasteiger partial charge in [-0.05, 0) is 49.4 Å². The fraction of sp³-hybridized carbons (Fsp3) is 0.529. The Morgan fingerprint density at radius 2 is 1.95 bits per heavy atom. The zero-order chi connectivity index (χ0) is 15.9. The van der Waals surface area contributed by atoms with Gasteiger partial charge >= 0.3 is 0 Å². The summed E-state index contributed by atoms with van der Waals surface area (Å²) in [5.74, 6) is 0.0665. The van der Waals surface area contributed by atoms with Crippen molar-refractivity contribution in [1.82, 2.24) is 9.80 Å². The molecule has 3 aliphatic rings. The fourth-order valence-electron chi connectivity index (χ4n) is 3.53. The Balaban J connectivity index is 1.84. The first kappa shape index (κ1) is 15.0. The molecule has 0 N–H and O–H groups in total. The number of fused-ring (bicyclic) bond motifs is 4. The monoisotopic (exact) mass is 304 g/mol. The molecule has 3 saturated heterocycles. The van der Waals surface area contributed by atoms with E-state index in [2.05, 4.69) is 0 Å². The number of nitrogens with zero attached hydrogens (tertiary/aromatic N) is 2.